The average molecular weight is 268 g/mol. The van der Waals surface area contributed by atoms with Gasteiger partial charge in [-0.2, -0.15) is 8.42 Å². The Morgan fingerprint density at radius 1 is 1.27 bits per heavy atom. The summed E-state index contributed by atoms with van der Waals surface area (Å²) in [4.78, 5) is 0. The maximum Gasteiger partial charge on any atom is 0.298 e. The molecule has 1 rings (SSSR count). The van der Waals surface area contributed by atoms with Crippen molar-refractivity contribution in [2.45, 2.75) is 0 Å². The third-order valence-electron chi connectivity index (χ3n) is 1.11. The first-order valence-corrected chi connectivity index (χ1v) is 6.14. The molecular weight excluding hydrogens is 259 g/mol. The molecular formula is C9H9Cl2O3S. The van der Waals surface area contributed by atoms with E-state index in [4.69, 9.17) is 23.2 Å². The minimum atomic E-state index is -4.04. The molecule has 0 unspecified atom stereocenters. The van der Waals surface area contributed by atoms with Crippen molar-refractivity contribution in [2.24, 2.45) is 0 Å². The van der Waals surface area contributed by atoms with Crippen LogP contribution in [0.1, 0.15) is 0 Å². The Hall–Kier alpha value is -0.550. The molecule has 3 nitrogen and oxygen atoms in total. The van der Waals surface area contributed by atoms with Crippen molar-refractivity contribution in [1.82, 2.24) is 0 Å². The Bertz CT molecular complexity index is 398. The van der Waals surface area contributed by atoms with Crippen LogP contribution in [0.15, 0.2) is 36.9 Å². The van der Waals surface area contributed by atoms with Crippen LogP contribution in [-0.2, 0) is 14.7 Å². The van der Waals surface area contributed by atoms with Gasteiger partial charge in [0.05, 0.1) is 5.75 Å². The molecule has 0 aliphatic heterocycles. The van der Waals surface area contributed by atoms with E-state index in [2.05, 4.69) is 6.58 Å². The van der Waals surface area contributed by atoms with Crippen molar-refractivity contribution in [3.63, 3.8) is 0 Å². The molecule has 0 aliphatic rings. The summed E-state index contributed by atoms with van der Waals surface area (Å²) in [6.07, 6.45) is 1.06. The molecule has 0 saturated carbocycles. The van der Waals surface area contributed by atoms with Crippen LogP contribution in [0.4, 0.5) is 0 Å². The molecule has 0 fully saturated rings. The molecule has 15 heavy (non-hydrogen) atoms. The van der Waals surface area contributed by atoms with E-state index in [1.54, 1.807) is 18.2 Å². The molecule has 0 amide bonds. The maximum atomic E-state index is 9.60. The van der Waals surface area contributed by atoms with Gasteiger partial charge in [0.15, 0.2) is 0 Å². The number of halogens is 2. The predicted octanol–water partition coefficient (Wildman–Crippen LogP) is 2.93. The van der Waals surface area contributed by atoms with Gasteiger partial charge < -0.3 is 0 Å². The third-order valence-corrected chi connectivity index (χ3v) is 2.22. The van der Waals surface area contributed by atoms with E-state index in [9.17, 15) is 13.0 Å². The lowest BCUT2D eigenvalue weighted by molar-refractivity contribution is 0.417. The maximum absolute atomic E-state index is 9.60. The van der Waals surface area contributed by atoms with Gasteiger partial charge >= 0.3 is 0 Å². The lowest BCUT2D eigenvalue weighted by Crippen LogP contribution is -1.97. The molecule has 6 heteroatoms. The second-order valence-corrected chi connectivity index (χ2v) is 4.77. The summed E-state index contributed by atoms with van der Waals surface area (Å²) in [6, 6.07) is 7.08. The zero-order valence-electron chi connectivity index (χ0n) is 7.69. The van der Waals surface area contributed by atoms with Crippen LogP contribution >= 0.6 is 23.2 Å². The van der Waals surface area contributed by atoms with E-state index < -0.39 is 15.9 Å². The molecule has 1 aromatic carbocycles. The summed E-state index contributed by atoms with van der Waals surface area (Å²) >= 11 is 11.1. The van der Waals surface area contributed by atoms with Gasteiger partial charge in [-0.05, 0) is 18.2 Å². The van der Waals surface area contributed by atoms with Gasteiger partial charge in [-0.25, -0.2) is 0 Å². The monoisotopic (exact) mass is 267 g/mol. The fourth-order valence-corrected chi connectivity index (χ4v) is 1.33. The second-order valence-electron chi connectivity index (χ2n) is 2.45. The molecule has 0 spiro atoms. The summed E-state index contributed by atoms with van der Waals surface area (Å²) in [5.41, 5.74) is 0. The van der Waals surface area contributed by atoms with Crippen LogP contribution < -0.4 is 0 Å². The SMILES string of the molecule is C=CCS([O])(=O)=O.Clc1cccc(Cl)c1. The lowest BCUT2D eigenvalue weighted by Gasteiger charge is -1.86. The van der Waals surface area contributed by atoms with E-state index in [1.807, 2.05) is 6.07 Å². The van der Waals surface area contributed by atoms with E-state index in [0.717, 1.165) is 6.08 Å². The van der Waals surface area contributed by atoms with Crippen molar-refractivity contribution < 1.29 is 13.0 Å². The van der Waals surface area contributed by atoms with E-state index >= 15 is 0 Å². The summed E-state index contributed by atoms with van der Waals surface area (Å²) in [5, 5.41) is 1.36. The molecule has 0 N–H and O–H groups in total. The Morgan fingerprint density at radius 3 is 1.87 bits per heavy atom. The van der Waals surface area contributed by atoms with Crippen molar-refractivity contribution in [3.05, 3.63) is 47.0 Å². The highest BCUT2D eigenvalue weighted by atomic mass is 35.5. The largest absolute Gasteiger partial charge is 0.298 e. The van der Waals surface area contributed by atoms with Crippen LogP contribution in [-0.4, -0.2) is 14.2 Å². The Kier molecular flexibility index (Phi) is 6.60. The Morgan fingerprint density at radius 2 is 1.73 bits per heavy atom. The lowest BCUT2D eigenvalue weighted by atomic mass is 10.4. The van der Waals surface area contributed by atoms with Crippen molar-refractivity contribution >= 4 is 33.3 Å². The smallest absolute Gasteiger partial charge is 0.197 e. The first kappa shape index (κ1) is 14.5. The van der Waals surface area contributed by atoms with Gasteiger partial charge in [0.1, 0.15) is 0 Å². The number of benzene rings is 1. The average Bonchev–Trinajstić information content (AvgIpc) is 2.01. The zero-order chi connectivity index (χ0) is 11.9. The highest BCUT2D eigenvalue weighted by Crippen LogP contribution is 2.13. The minimum absolute atomic E-state index is 0.479. The van der Waals surface area contributed by atoms with E-state index in [0.29, 0.717) is 10.0 Å². The standard InChI is InChI=1S/C6H4Cl2.C3H5O3S/c7-5-2-1-3-6(8)4-5;1-2-3-7(4,5)6/h1-4H;2H,1,3H2. The van der Waals surface area contributed by atoms with Gasteiger partial charge in [-0.15, -0.1) is 6.58 Å². The summed E-state index contributed by atoms with van der Waals surface area (Å²) < 4.78 is 28.8. The first-order chi connectivity index (χ1) is 6.85. The minimum Gasteiger partial charge on any atom is -0.197 e. The van der Waals surface area contributed by atoms with Crippen LogP contribution in [0.2, 0.25) is 10.0 Å². The Labute approximate surface area is 99.1 Å². The quantitative estimate of drug-likeness (QED) is 0.774. The summed E-state index contributed by atoms with van der Waals surface area (Å²) in [5.74, 6) is -0.479. The number of hydrogen-bond donors (Lipinski definition) is 0. The highest BCUT2D eigenvalue weighted by molar-refractivity contribution is 7.85. The number of rotatable bonds is 2. The molecule has 0 aliphatic carbocycles. The molecule has 1 radical (unpaired) electrons. The van der Waals surface area contributed by atoms with E-state index in [1.165, 1.54) is 0 Å². The molecule has 1 aromatic rings. The van der Waals surface area contributed by atoms with Crippen molar-refractivity contribution in [1.29, 1.82) is 0 Å². The fourth-order valence-electron chi connectivity index (χ4n) is 0.604. The first-order valence-electron chi connectivity index (χ1n) is 3.80. The van der Waals surface area contributed by atoms with E-state index in [-0.39, 0.29) is 0 Å². The fraction of sp³-hybridized carbons (Fsp3) is 0.111. The van der Waals surface area contributed by atoms with Gasteiger partial charge in [0.25, 0.3) is 10.1 Å². The topological polar surface area (TPSA) is 54.0 Å². The molecule has 0 bridgehead atoms. The van der Waals surface area contributed by atoms with Crippen LogP contribution in [0, 0.1) is 0 Å². The number of hydrogen-bond acceptors (Lipinski definition) is 2. The zero-order valence-corrected chi connectivity index (χ0v) is 10.0. The molecule has 0 aromatic heterocycles. The van der Waals surface area contributed by atoms with Gasteiger partial charge in [-0.1, -0.05) is 39.9 Å². The van der Waals surface area contributed by atoms with Crippen LogP contribution in [0.25, 0.3) is 0 Å². The van der Waals surface area contributed by atoms with Gasteiger partial charge in [0, 0.05) is 10.0 Å². The molecule has 0 saturated heterocycles. The highest BCUT2D eigenvalue weighted by Gasteiger charge is 1.99. The summed E-state index contributed by atoms with van der Waals surface area (Å²) in [7, 11) is -4.04. The molecule has 0 heterocycles. The Balaban J connectivity index is 0.000000265. The normalized spacial score (nSPS) is 10.1. The molecule has 83 valence electrons. The van der Waals surface area contributed by atoms with Crippen LogP contribution in [0.5, 0.6) is 0 Å². The third kappa shape index (κ3) is 9.75. The van der Waals surface area contributed by atoms with Gasteiger partial charge in [0.2, 0.25) is 0 Å². The van der Waals surface area contributed by atoms with Crippen molar-refractivity contribution in [3.8, 4) is 0 Å². The summed E-state index contributed by atoms with van der Waals surface area (Å²) in [6.45, 7) is 3.07. The van der Waals surface area contributed by atoms with Crippen LogP contribution in [0.3, 0.4) is 0 Å². The molecule has 0 atom stereocenters. The van der Waals surface area contributed by atoms with Crippen molar-refractivity contribution in [2.75, 3.05) is 5.75 Å². The second kappa shape index (κ2) is 6.85. The van der Waals surface area contributed by atoms with Gasteiger partial charge in [-0.3, -0.25) is 0 Å². The predicted molar refractivity (Wildman–Crippen MR) is 61.1 cm³/mol.